The Labute approximate surface area is 222 Å². The van der Waals surface area contributed by atoms with Crippen LogP contribution in [0.25, 0.3) is 22.0 Å². The number of amides is 1. The average Bonchev–Trinajstić information content (AvgIpc) is 3.33. The number of aromatic amines is 1. The summed E-state index contributed by atoms with van der Waals surface area (Å²) in [5.41, 5.74) is 5.99. The van der Waals surface area contributed by atoms with Crippen LogP contribution in [0.5, 0.6) is 5.75 Å². The molecule has 3 aromatic carbocycles. The number of H-pyrrole nitrogens is 1. The van der Waals surface area contributed by atoms with Crippen LogP contribution >= 0.6 is 0 Å². The van der Waals surface area contributed by atoms with Crippen molar-refractivity contribution >= 4 is 28.0 Å². The van der Waals surface area contributed by atoms with Crippen molar-refractivity contribution < 1.29 is 13.9 Å². The van der Waals surface area contributed by atoms with Gasteiger partial charge in [-0.1, -0.05) is 68.0 Å². The number of rotatable bonds is 12. The smallest absolute Gasteiger partial charge is 0.243 e. The number of hydrogen-bond acceptors (Lipinski definition) is 4. The zero-order chi connectivity index (χ0) is 26.7. The molecule has 0 radical (unpaired) electrons. The molecule has 3 N–H and O–H groups in total. The zero-order valence-corrected chi connectivity index (χ0v) is 21.8. The Morgan fingerprint density at radius 3 is 2.53 bits per heavy atom. The van der Waals surface area contributed by atoms with Gasteiger partial charge in [0.05, 0.1) is 10.9 Å². The van der Waals surface area contributed by atoms with Gasteiger partial charge in [0.1, 0.15) is 12.4 Å². The quantitative estimate of drug-likeness (QED) is 0.129. The van der Waals surface area contributed by atoms with E-state index in [4.69, 9.17) is 4.74 Å². The third-order valence-corrected chi connectivity index (χ3v) is 6.19. The fraction of sp³-hybridized carbons (Fsp3) is 0.226. The lowest BCUT2D eigenvalue weighted by molar-refractivity contribution is -0.116. The summed E-state index contributed by atoms with van der Waals surface area (Å²) in [7, 11) is 1.60. The summed E-state index contributed by atoms with van der Waals surface area (Å²) in [4.78, 5) is 11.2. The fourth-order valence-electron chi connectivity index (χ4n) is 4.35. The number of fused-ring (bicyclic) bond motifs is 1. The van der Waals surface area contributed by atoms with Gasteiger partial charge in [0.25, 0.3) is 0 Å². The number of carbonyl (C=O) groups is 1. The van der Waals surface area contributed by atoms with Gasteiger partial charge in [0, 0.05) is 26.2 Å². The molecule has 1 amide bonds. The van der Waals surface area contributed by atoms with Gasteiger partial charge in [-0.2, -0.15) is 9.49 Å². The lowest BCUT2D eigenvalue weighted by atomic mass is 9.87. The Hall–Kier alpha value is -4.23. The van der Waals surface area contributed by atoms with Gasteiger partial charge in [0.15, 0.2) is 0 Å². The van der Waals surface area contributed by atoms with E-state index < -0.39 is 5.95 Å². The number of hydrogen-bond donors (Lipinski definition) is 3. The van der Waals surface area contributed by atoms with Crippen molar-refractivity contribution in [3.63, 3.8) is 0 Å². The molecule has 0 atom stereocenters. The minimum atomic E-state index is -0.431. The Morgan fingerprint density at radius 2 is 1.79 bits per heavy atom. The van der Waals surface area contributed by atoms with Crippen LogP contribution in [0.1, 0.15) is 36.5 Å². The first-order valence-electron chi connectivity index (χ1n) is 12.9. The van der Waals surface area contributed by atoms with Gasteiger partial charge in [-0.3, -0.25) is 9.89 Å². The minimum Gasteiger partial charge on any atom is -0.492 e. The highest BCUT2D eigenvalue weighted by Gasteiger charge is 2.16. The van der Waals surface area contributed by atoms with E-state index in [1.165, 1.54) is 11.6 Å². The highest BCUT2D eigenvalue weighted by atomic mass is 19.1. The third-order valence-electron chi connectivity index (χ3n) is 6.19. The molecular weight excluding hydrogens is 479 g/mol. The van der Waals surface area contributed by atoms with Crippen LogP contribution in [0.2, 0.25) is 0 Å². The fourth-order valence-corrected chi connectivity index (χ4v) is 4.35. The largest absolute Gasteiger partial charge is 0.492 e. The SMILES string of the molecule is CCC/C(=C(/c1ccc(OCCNC/C=C/C(=O)NC)cc1)c1ccc2n[nH]c(F)c2c1)c1ccccc1. The highest BCUT2D eigenvalue weighted by Crippen LogP contribution is 2.37. The van der Waals surface area contributed by atoms with Crippen molar-refractivity contribution in [2.24, 2.45) is 0 Å². The predicted octanol–water partition coefficient (Wildman–Crippen LogP) is 5.73. The lowest BCUT2D eigenvalue weighted by Crippen LogP contribution is -2.21. The molecule has 38 heavy (non-hydrogen) atoms. The molecule has 0 bridgehead atoms. The van der Waals surface area contributed by atoms with E-state index in [1.807, 2.05) is 48.5 Å². The first-order chi connectivity index (χ1) is 18.6. The van der Waals surface area contributed by atoms with Gasteiger partial charge in [-0.05, 0) is 58.5 Å². The molecule has 0 fully saturated rings. The van der Waals surface area contributed by atoms with E-state index in [0.29, 0.717) is 30.6 Å². The second-order valence-electron chi connectivity index (χ2n) is 8.83. The highest BCUT2D eigenvalue weighted by molar-refractivity contribution is 6.00. The standard InChI is InChI=1S/C31H33FN4O2/c1-3-8-26(22-9-5-4-6-10-22)30(24-14-17-28-27(21-24)31(32)36-35-28)23-12-15-25(16-13-23)38-20-19-34-18-7-11-29(37)33-2/h4-7,9-17,21,34H,3,8,18-20H2,1-2H3,(H,33,37)(H,35,36)/b11-7+,30-26+. The first kappa shape index (κ1) is 26.8. The van der Waals surface area contributed by atoms with E-state index in [9.17, 15) is 9.18 Å². The van der Waals surface area contributed by atoms with Gasteiger partial charge in [-0.25, -0.2) is 0 Å². The van der Waals surface area contributed by atoms with Crippen LogP contribution in [0, 0.1) is 5.95 Å². The van der Waals surface area contributed by atoms with Gasteiger partial charge < -0.3 is 15.4 Å². The Kier molecular flexibility index (Phi) is 9.43. The minimum absolute atomic E-state index is 0.124. The number of likely N-dealkylation sites (N-methyl/N-ethyl adjacent to an activating group) is 1. The van der Waals surface area contributed by atoms with E-state index in [0.717, 1.165) is 40.9 Å². The molecule has 0 unspecified atom stereocenters. The molecule has 7 heteroatoms. The summed E-state index contributed by atoms with van der Waals surface area (Å²) in [6, 6.07) is 24.1. The Bertz CT molecular complexity index is 1410. The number of nitrogens with zero attached hydrogens (tertiary/aromatic N) is 1. The Balaban J connectivity index is 1.58. The average molecular weight is 513 g/mol. The maximum atomic E-state index is 14.4. The van der Waals surface area contributed by atoms with E-state index >= 15 is 0 Å². The van der Waals surface area contributed by atoms with Crippen molar-refractivity contribution in [1.82, 2.24) is 20.8 Å². The summed E-state index contributed by atoms with van der Waals surface area (Å²) < 4.78 is 20.3. The molecule has 1 aromatic heterocycles. The number of nitrogens with one attached hydrogen (secondary N) is 3. The number of benzene rings is 3. The van der Waals surface area contributed by atoms with E-state index in [2.05, 4.69) is 52.0 Å². The normalized spacial score (nSPS) is 12.1. The molecule has 196 valence electrons. The predicted molar refractivity (Wildman–Crippen MR) is 151 cm³/mol. The molecule has 1 heterocycles. The van der Waals surface area contributed by atoms with Crippen LogP contribution in [-0.4, -0.2) is 42.8 Å². The molecular formula is C31H33FN4O2. The second kappa shape index (κ2) is 13.4. The maximum Gasteiger partial charge on any atom is 0.243 e. The number of ether oxygens (including phenoxy) is 1. The van der Waals surface area contributed by atoms with Crippen LogP contribution in [0.15, 0.2) is 84.9 Å². The third kappa shape index (κ3) is 6.75. The lowest BCUT2D eigenvalue weighted by Gasteiger charge is -2.18. The summed E-state index contributed by atoms with van der Waals surface area (Å²) in [6.07, 6.45) is 5.12. The molecule has 6 nitrogen and oxygen atoms in total. The molecule has 0 aliphatic heterocycles. The molecule has 0 aliphatic rings. The summed E-state index contributed by atoms with van der Waals surface area (Å²) in [5.74, 6) is 0.212. The topological polar surface area (TPSA) is 79.0 Å². The number of aromatic nitrogens is 2. The molecule has 4 rings (SSSR count). The van der Waals surface area contributed by atoms with Gasteiger partial charge in [0.2, 0.25) is 11.9 Å². The molecule has 0 saturated carbocycles. The van der Waals surface area contributed by atoms with Crippen LogP contribution in [0.4, 0.5) is 4.39 Å². The number of halogens is 1. The molecule has 0 spiro atoms. The van der Waals surface area contributed by atoms with Gasteiger partial charge >= 0.3 is 0 Å². The molecule has 0 saturated heterocycles. The van der Waals surface area contributed by atoms with E-state index in [1.54, 1.807) is 13.1 Å². The van der Waals surface area contributed by atoms with Crippen molar-refractivity contribution in [3.05, 3.63) is 108 Å². The van der Waals surface area contributed by atoms with Gasteiger partial charge in [-0.15, -0.1) is 0 Å². The summed E-state index contributed by atoms with van der Waals surface area (Å²) in [5, 5.41) is 12.7. The molecule has 4 aromatic rings. The molecule has 0 aliphatic carbocycles. The maximum absolute atomic E-state index is 14.4. The first-order valence-corrected chi connectivity index (χ1v) is 12.9. The number of allylic oxidation sites excluding steroid dienone is 1. The Morgan fingerprint density at radius 1 is 1.03 bits per heavy atom. The van der Waals surface area contributed by atoms with E-state index in [-0.39, 0.29) is 5.91 Å². The summed E-state index contributed by atoms with van der Waals surface area (Å²) >= 11 is 0. The van der Waals surface area contributed by atoms with Crippen molar-refractivity contribution in [2.75, 3.05) is 26.7 Å². The van der Waals surface area contributed by atoms with Crippen molar-refractivity contribution in [1.29, 1.82) is 0 Å². The number of carbonyl (C=O) groups excluding carboxylic acids is 1. The van der Waals surface area contributed by atoms with Crippen LogP contribution in [0.3, 0.4) is 0 Å². The second-order valence-corrected chi connectivity index (χ2v) is 8.83. The summed E-state index contributed by atoms with van der Waals surface area (Å²) in [6.45, 7) is 3.90. The van der Waals surface area contributed by atoms with Crippen molar-refractivity contribution in [2.45, 2.75) is 19.8 Å². The monoisotopic (exact) mass is 512 g/mol. The van der Waals surface area contributed by atoms with Crippen LogP contribution in [-0.2, 0) is 4.79 Å². The van der Waals surface area contributed by atoms with Crippen LogP contribution < -0.4 is 15.4 Å². The zero-order valence-electron chi connectivity index (χ0n) is 21.8. The van der Waals surface area contributed by atoms with Crippen molar-refractivity contribution in [3.8, 4) is 5.75 Å².